The number of hydrogen-bond donors (Lipinski definition) is 1. The lowest BCUT2D eigenvalue weighted by molar-refractivity contribution is 0.339. The van der Waals surface area contributed by atoms with E-state index in [2.05, 4.69) is 23.3 Å². The van der Waals surface area contributed by atoms with E-state index < -0.39 is 0 Å². The predicted molar refractivity (Wildman–Crippen MR) is 84.0 cm³/mol. The van der Waals surface area contributed by atoms with Gasteiger partial charge in [0.25, 0.3) is 0 Å². The Hall–Kier alpha value is -2.07. The first kappa shape index (κ1) is 15.3. The van der Waals surface area contributed by atoms with E-state index in [4.69, 9.17) is 9.47 Å². The van der Waals surface area contributed by atoms with Crippen molar-refractivity contribution < 1.29 is 9.47 Å². The van der Waals surface area contributed by atoms with Crippen LogP contribution in [0.5, 0.6) is 17.4 Å². The number of ether oxygens (including phenoxy) is 2. The van der Waals surface area contributed by atoms with Gasteiger partial charge in [-0.15, -0.1) is 0 Å². The highest BCUT2D eigenvalue weighted by Crippen LogP contribution is 2.25. The average molecular weight is 286 g/mol. The molecule has 0 saturated carbocycles. The summed E-state index contributed by atoms with van der Waals surface area (Å²) in [6.45, 7) is 8.49. The Balaban J connectivity index is 2.05. The molecule has 0 aliphatic rings. The molecular weight excluding hydrogens is 264 g/mol. The van der Waals surface area contributed by atoms with E-state index in [-0.39, 0.29) is 0 Å². The zero-order valence-electron chi connectivity index (χ0n) is 12.8. The lowest BCUT2D eigenvalue weighted by Crippen LogP contribution is -2.12. The fraction of sp³-hybridized carbons (Fsp3) is 0.353. The molecule has 0 aliphatic heterocycles. The molecule has 0 spiro atoms. The maximum absolute atomic E-state index is 5.81. The Morgan fingerprint density at radius 1 is 1.10 bits per heavy atom. The lowest BCUT2D eigenvalue weighted by Gasteiger charge is -2.10. The molecule has 0 unspecified atom stereocenters. The Morgan fingerprint density at radius 2 is 1.81 bits per heavy atom. The minimum Gasteiger partial charge on any atom is -0.494 e. The number of nitrogens with one attached hydrogen (secondary N) is 1. The summed E-state index contributed by atoms with van der Waals surface area (Å²) in [5.41, 5.74) is 2.19. The molecule has 112 valence electrons. The average Bonchev–Trinajstić information content (AvgIpc) is 2.50. The van der Waals surface area contributed by atoms with Crippen LogP contribution in [-0.4, -0.2) is 18.1 Å². The molecule has 0 fully saturated rings. The minimum absolute atomic E-state index is 0.638. The van der Waals surface area contributed by atoms with Gasteiger partial charge in [-0.2, -0.15) is 0 Å². The van der Waals surface area contributed by atoms with Crippen LogP contribution in [0.3, 0.4) is 0 Å². The summed E-state index contributed by atoms with van der Waals surface area (Å²) >= 11 is 0. The van der Waals surface area contributed by atoms with Gasteiger partial charge in [0, 0.05) is 18.3 Å². The summed E-state index contributed by atoms with van der Waals surface area (Å²) < 4.78 is 11.2. The van der Waals surface area contributed by atoms with Crippen LogP contribution < -0.4 is 14.8 Å². The van der Waals surface area contributed by atoms with Gasteiger partial charge in [0.15, 0.2) is 0 Å². The molecule has 0 bridgehead atoms. The van der Waals surface area contributed by atoms with E-state index >= 15 is 0 Å². The van der Waals surface area contributed by atoms with Gasteiger partial charge in [-0.1, -0.05) is 6.92 Å². The van der Waals surface area contributed by atoms with Gasteiger partial charge < -0.3 is 14.8 Å². The maximum Gasteiger partial charge on any atom is 0.222 e. The van der Waals surface area contributed by atoms with E-state index in [0.29, 0.717) is 12.5 Å². The quantitative estimate of drug-likeness (QED) is 0.843. The highest BCUT2D eigenvalue weighted by atomic mass is 16.5. The second-order valence-corrected chi connectivity index (χ2v) is 4.75. The molecule has 1 heterocycles. The van der Waals surface area contributed by atoms with Crippen LogP contribution >= 0.6 is 0 Å². The van der Waals surface area contributed by atoms with Crippen LogP contribution in [0.4, 0.5) is 0 Å². The summed E-state index contributed by atoms with van der Waals surface area (Å²) in [7, 11) is 0. The van der Waals surface area contributed by atoms with E-state index in [1.807, 2.05) is 44.3 Å². The highest BCUT2D eigenvalue weighted by molar-refractivity contribution is 5.36. The third kappa shape index (κ3) is 4.46. The van der Waals surface area contributed by atoms with Crippen molar-refractivity contribution in [1.29, 1.82) is 0 Å². The van der Waals surface area contributed by atoms with Gasteiger partial charge >= 0.3 is 0 Å². The Labute approximate surface area is 126 Å². The molecular formula is C17H22N2O2. The zero-order valence-corrected chi connectivity index (χ0v) is 12.8. The normalized spacial score (nSPS) is 10.4. The van der Waals surface area contributed by atoms with Crippen LogP contribution in [0.1, 0.15) is 25.0 Å². The third-order valence-electron chi connectivity index (χ3n) is 3.02. The number of nitrogens with zero attached hydrogens (tertiary/aromatic N) is 1. The summed E-state index contributed by atoms with van der Waals surface area (Å²) in [5.74, 6) is 2.24. The fourth-order valence-corrected chi connectivity index (χ4v) is 1.98. The van der Waals surface area contributed by atoms with Crippen LogP contribution in [0, 0.1) is 6.92 Å². The summed E-state index contributed by atoms with van der Waals surface area (Å²) in [5, 5.41) is 3.28. The van der Waals surface area contributed by atoms with Crippen molar-refractivity contribution in [1.82, 2.24) is 10.3 Å². The molecule has 0 aliphatic carbocycles. The molecule has 0 saturated heterocycles. The van der Waals surface area contributed by atoms with Gasteiger partial charge in [-0.25, -0.2) is 4.98 Å². The topological polar surface area (TPSA) is 43.4 Å². The third-order valence-corrected chi connectivity index (χ3v) is 3.02. The number of rotatable bonds is 7. The largest absolute Gasteiger partial charge is 0.494 e. The van der Waals surface area contributed by atoms with Gasteiger partial charge in [0.2, 0.25) is 5.88 Å². The Morgan fingerprint density at radius 3 is 2.43 bits per heavy atom. The van der Waals surface area contributed by atoms with Crippen LogP contribution in [0.25, 0.3) is 0 Å². The molecule has 0 radical (unpaired) electrons. The second-order valence-electron chi connectivity index (χ2n) is 4.75. The number of hydrogen-bond acceptors (Lipinski definition) is 4. The minimum atomic E-state index is 0.638. The molecule has 0 amide bonds. The predicted octanol–water partition coefficient (Wildman–Crippen LogP) is 3.69. The second kappa shape index (κ2) is 7.64. The number of aromatic nitrogens is 1. The number of benzene rings is 1. The summed E-state index contributed by atoms with van der Waals surface area (Å²) in [6.07, 6.45) is 1.85. The van der Waals surface area contributed by atoms with Crippen molar-refractivity contribution in [3.8, 4) is 17.4 Å². The van der Waals surface area contributed by atoms with Crippen molar-refractivity contribution in [2.75, 3.05) is 13.2 Å². The molecule has 1 N–H and O–H groups in total. The smallest absolute Gasteiger partial charge is 0.222 e. The van der Waals surface area contributed by atoms with Crippen molar-refractivity contribution in [2.24, 2.45) is 0 Å². The van der Waals surface area contributed by atoms with Gasteiger partial charge in [0.1, 0.15) is 11.5 Å². The lowest BCUT2D eigenvalue weighted by atomic mass is 10.2. The van der Waals surface area contributed by atoms with Gasteiger partial charge in [0.05, 0.1) is 6.61 Å². The van der Waals surface area contributed by atoms with Crippen molar-refractivity contribution >= 4 is 0 Å². The van der Waals surface area contributed by atoms with E-state index in [1.54, 1.807) is 0 Å². The summed E-state index contributed by atoms with van der Waals surface area (Å²) in [6, 6.07) is 9.66. The van der Waals surface area contributed by atoms with Crippen LogP contribution in [0.2, 0.25) is 0 Å². The van der Waals surface area contributed by atoms with Gasteiger partial charge in [-0.3, -0.25) is 0 Å². The molecule has 4 nitrogen and oxygen atoms in total. The molecule has 0 atom stereocenters. The number of pyridine rings is 1. The molecule has 4 heteroatoms. The Kier molecular flexibility index (Phi) is 5.58. The molecule has 21 heavy (non-hydrogen) atoms. The van der Waals surface area contributed by atoms with Crippen molar-refractivity contribution in [3.05, 3.63) is 47.7 Å². The van der Waals surface area contributed by atoms with E-state index in [1.165, 1.54) is 0 Å². The van der Waals surface area contributed by atoms with E-state index in [0.717, 1.165) is 35.7 Å². The van der Waals surface area contributed by atoms with Crippen LogP contribution in [0.15, 0.2) is 36.5 Å². The van der Waals surface area contributed by atoms with E-state index in [9.17, 15) is 0 Å². The number of aryl methyl sites for hydroxylation is 1. The van der Waals surface area contributed by atoms with Crippen LogP contribution in [-0.2, 0) is 6.54 Å². The standard InChI is InChI=1S/C17H22N2O2/c1-4-18-11-14-10-13(3)17(19-12-14)21-16-8-6-15(7-9-16)20-5-2/h6-10,12,18H,4-5,11H2,1-3H3. The fourth-order valence-electron chi connectivity index (χ4n) is 1.98. The first-order valence-electron chi connectivity index (χ1n) is 7.30. The SMILES string of the molecule is CCNCc1cnc(Oc2ccc(OCC)cc2)c(C)c1. The maximum atomic E-state index is 5.81. The first-order chi connectivity index (χ1) is 10.2. The molecule has 1 aromatic heterocycles. The highest BCUT2D eigenvalue weighted by Gasteiger charge is 2.05. The molecule has 2 aromatic rings. The summed E-state index contributed by atoms with van der Waals surface area (Å²) in [4.78, 5) is 4.39. The molecule has 1 aromatic carbocycles. The molecule has 2 rings (SSSR count). The monoisotopic (exact) mass is 286 g/mol. The van der Waals surface area contributed by atoms with Crippen molar-refractivity contribution in [2.45, 2.75) is 27.3 Å². The first-order valence-corrected chi connectivity index (χ1v) is 7.30. The van der Waals surface area contributed by atoms with Crippen molar-refractivity contribution in [3.63, 3.8) is 0 Å². The Bertz CT molecular complexity index is 568. The zero-order chi connectivity index (χ0) is 15.1. The van der Waals surface area contributed by atoms with Gasteiger partial charge in [-0.05, 0) is 56.3 Å².